The van der Waals surface area contributed by atoms with Crippen LogP contribution in [-0.4, -0.2) is 31.5 Å². The molecular weight excluding hydrogens is 226 g/mol. The van der Waals surface area contributed by atoms with Crippen LogP contribution < -0.4 is 5.73 Å². The molecule has 0 saturated heterocycles. The van der Waals surface area contributed by atoms with Gasteiger partial charge in [0.15, 0.2) is 9.76 Å². The summed E-state index contributed by atoms with van der Waals surface area (Å²) in [5, 5.41) is 9.03. The zero-order chi connectivity index (χ0) is 12.7. The molecule has 0 rings (SSSR count). The summed E-state index contributed by atoms with van der Waals surface area (Å²) < 4.78 is 0. The van der Waals surface area contributed by atoms with Gasteiger partial charge in [-0.3, -0.25) is 9.59 Å². The van der Waals surface area contributed by atoms with Gasteiger partial charge in [-0.15, -0.1) is 0 Å². The Balaban J connectivity index is 4.43. The topological polar surface area (TPSA) is 101 Å². The Kier molecular flexibility index (Phi) is 6.99. The first-order valence-electron chi connectivity index (χ1n) is 5.55. The van der Waals surface area contributed by atoms with Gasteiger partial charge in [0.1, 0.15) is 0 Å². The van der Waals surface area contributed by atoms with Crippen molar-refractivity contribution in [3.8, 4) is 0 Å². The Morgan fingerprint density at radius 1 is 1.31 bits per heavy atom. The van der Waals surface area contributed by atoms with Gasteiger partial charge in [0, 0.05) is 5.92 Å². The summed E-state index contributed by atoms with van der Waals surface area (Å²) in [5.74, 6) is -2.31. The molecule has 6 heteroatoms. The van der Waals surface area contributed by atoms with E-state index in [4.69, 9.17) is 15.6 Å². The van der Waals surface area contributed by atoms with E-state index < -0.39 is 27.6 Å². The number of carboxylic acids is 1. The van der Waals surface area contributed by atoms with E-state index in [0.29, 0.717) is 12.8 Å². The maximum Gasteiger partial charge on any atom is 0.306 e. The molecule has 5 nitrogen and oxygen atoms in total. The number of primary amides is 1. The van der Waals surface area contributed by atoms with Crippen molar-refractivity contribution in [2.75, 3.05) is 0 Å². The Labute approximate surface area is 98.0 Å². The lowest BCUT2D eigenvalue weighted by Crippen LogP contribution is -2.28. The van der Waals surface area contributed by atoms with Gasteiger partial charge >= 0.3 is 5.97 Å². The zero-order valence-corrected chi connectivity index (χ0v) is 11.3. The van der Waals surface area contributed by atoms with E-state index in [2.05, 4.69) is 0 Å². The van der Waals surface area contributed by atoms with Crippen LogP contribution in [0, 0.1) is 11.8 Å². The summed E-state index contributed by atoms with van der Waals surface area (Å²) in [6.45, 7) is 3.66. The minimum absolute atomic E-state index is 0.0616. The molecule has 0 bridgehead atoms. The molecule has 0 aliphatic heterocycles. The number of amides is 1. The summed E-state index contributed by atoms with van der Waals surface area (Å²) in [6.07, 6.45) is 1.27. The maximum atomic E-state index is 11.0. The van der Waals surface area contributed by atoms with E-state index >= 15 is 0 Å². The van der Waals surface area contributed by atoms with Crippen LogP contribution in [0.5, 0.6) is 0 Å². The molecule has 0 aliphatic rings. The van der Waals surface area contributed by atoms with Crippen LogP contribution in [0.2, 0.25) is 5.54 Å². The fraction of sp³-hybridized carbons (Fsp3) is 0.800. The first kappa shape index (κ1) is 15.1. The Bertz CT molecular complexity index is 247. The molecule has 0 fully saturated rings. The number of hydrogen-bond donors (Lipinski definition) is 3. The number of carbonyl (C=O) groups excluding carboxylic acids is 1. The minimum Gasteiger partial charge on any atom is -0.481 e. The third-order valence-corrected chi connectivity index (χ3v) is 3.77. The quantitative estimate of drug-likeness (QED) is 0.520. The molecule has 0 aliphatic carbocycles. The van der Waals surface area contributed by atoms with Gasteiger partial charge in [-0.05, 0) is 24.8 Å². The third-order valence-electron chi connectivity index (χ3n) is 2.81. The molecule has 0 spiro atoms. The van der Waals surface area contributed by atoms with Crippen molar-refractivity contribution in [3.05, 3.63) is 0 Å². The monoisotopic (exact) mass is 247 g/mol. The zero-order valence-electron chi connectivity index (χ0n) is 9.85. The predicted molar refractivity (Wildman–Crippen MR) is 63.5 cm³/mol. The molecule has 0 radical (unpaired) electrons. The summed E-state index contributed by atoms with van der Waals surface area (Å²) in [7, 11) is -1.18. The fourth-order valence-electron chi connectivity index (χ4n) is 1.69. The number of rotatable bonds is 8. The van der Waals surface area contributed by atoms with Crippen LogP contribution in [0.3, 0.4) is 0 Å². The standard InChI is InChI=1S/C10H21NO4Si/c1-3-7(9(11)12)5-8(10(13)14)4-6(2)16-15/h6-8,15H,3-5,16H2,1-2H3,(H2,11,12)(H,13,14)/t6?,7-,8+/m1/s1. The molecular formula is C10H21NO4Si. The van der Waals surface area contributed by atoms with E-state index in [9.17, 15) is 9.59 Å². The van der Waals surface area contributed by atoms with Crippen LogP contribution in [-0.2, 0) is 9.59 Å². The SMILES string of the molecule is CC[C@H](C[C@H](CC(C)[SiH2]O)C(=O)O)C(N)=O. The van der Waals surface area contributed by atoms with Crippen LogP contribution >= 0.6 is 0 Å². The molecule has 0 heterocycles. The van der Waals surface area contributed by atoms with Gasteiger partial charge in [0.05, 0.1) is 5.92 Å². The average Bonchev–Trinajstić information content (AvgIpc) is 2.22. The van der Waals surface area contributed by atoms with Crippen molar-refractivity contribution in [2.24, 2.45) is 17.6 Å². The van der Waals surface area contributed by atoms with Gasteiger partial charge in [-0.1, -0.05) is 13.8 Å². The van der Waals surface area contributed by atoms with E-state index in [-0.39, 0.29) is 17.9 Å². The van der Waals surface area contributed by atoms with Crippen molar-refractivity contribution >= 4 is 21.6 Å². The van der Waals surface area contributed by atoms with Crippen molar-refractivity contribution in [1.29, 1.82) is 0 Å². The second-order valence-electron chi connectivity index (χ2n) is 4.30. The normalized spacial score (nSPS) is 17.2. The van der Waals surface area contributed by atoms with Gasteiger partial charge in [0.2, 0.25) is 5.91 Å². The molecule has 1 unspecified atom stereocenters. The van der Waals surface area contributed by atoms with Gasteiger partial charge < -0.3 is 15.6 Å². The summed E-state index contributed by atoms with van der Waals surface area (Å²) in [5.41, 5.74) is 5.25. The summed E-state index contributed by atoms with van der Waals surface area (Å²) >= 11 is 0. The highest BCUT2D eigenvalue weighted by Gasteiger charge is 2.26. The lowest BCUT2D eigenvalue weighted by Gasteiger charge is -2.19. The highest BCUT2D eigenvalue weighted by atomic mass is 28.2. The van der Waals surface area contributed by atoms with E-state index in [1.165, 1.54) is 0 Å². The third kappa shape index (κ3) is 5.27. The summed E-state index contributed by atoms with van der Waals surface area (Å²) in [6, 6.07) is 0. The van der Waals surface area contributed by atoms with E-state index in [1.54, 1.807) is 0 Å². The van der Waals surface area contributed by atoms with E-state index in [1.807, 2.05) is 13.8 Å². The molecule has 94 valence electrons. The van der Waals surface area contributed by atoms with Crippen LogP contribution in [0.1, 0.15) is 33.1 Å². The maximum absolute atomic E-state index is 11.0. The number of carboxylic acid groups (broad SMARTS) is 1. The molecule has 16 heavy (non-hydrogen) atoms. The van der Waals surface area contributed by atoms with E-state index in [0.717, 1.165) is 0 Å². The van der Waals surface area contributed by atoms with Crippen molar-refractivity contribution in [1.82, 2.24) is 0 Å². The molecule has 1 amide bonds. The predicted octanol–water partition coefficient (Wildman–Crippen LogP) is -0.137. The van der Waals surface area contributed by atoms with Crippen LogP contribution in [0.4, 0.5) is 0 Å². The highest BCUT2D eigenvalue weighted by molar-refractivity contribution is 6.27. The smallest absolute Gasteiger partial charge is 0.306 e. The lowest BCUT2D eigenvalue weighted by atomic mass is 9.89. The minimum atomic E-state index is -1.18. The molecule has 0 saturated carbocycles. The molecule has 4 N–H and O–H groups in total. The number of carbonyl (C=O) groups is 2. The molecule has 0 aromatic rings. The first-order chi connectivity index (χ1) is 7.42. The second kappa shape index (κ2) is 7.40. The van der Waals surface area contributed by atoms with Crippen molar-refractivity contribution in [3.63, 3.8) is 0 Å². The number of hydrogen-bond acceptors (Lipinski definition) is 3. The second-order valence-corrected chi connectivity index (χ2v) is 6.06. The first-order valence-corrected chi connectivity index (χ1v) is 7.00. The highest BCUT2D eigenvalue weighted by Crippen LogP contribution is 2.24. The van der Waals surface area contributed by atoms with Crippen LogP contribution in [0.25, 0.3) is 0 Å². The lowest BCUT2D eigenvalue weighted by molar-refractivity contribution is -0.142. The van der Waals surface area contributed by atoms with Crippen LogP contribution in [0.15, 0.2) is 0 Å². The molecule has 0 aromatic carbocycles. The fourth-order valence-corrected chi connectivity index (χ4v) is 2.24. The average molecular weight is 247 g/mol. The van der Waals surface area contributed by atoms with Crippen molar-refractivity contribution in [2.45, 2.75) is 38.7 Å². The van der Waals surface area contributed by atoms with Crippen molar-refractivity contribution < 1.29 is 19.5 Å². The number of nitrogens with two attached hydrogens (primary N) is 1. The molecule has 0 aromatic heterocycles. The Morgan fingerprint density at radius 3 is 2.19 bits per heavy atom. The van der Waals surface area contributed by atoms with Gasteiger partial charge in [0.25, 0.3) is 0 Å². The Hall–Kier alpha value is -0.883. The Morgan fingerprint density at radius 2 is 1.88 bits per heavy atom. The number of aliphatic carboxylic acids is 1. The largest absolute Gasteiger partial charge is 0.481 e. The van der Waals surface area contributed by atoms with Gasteiger partial charge in [-0.25, -0.2) is 0 Å². The summed E-state index contributed by atoms with van der Waals surface area (Å²) in [4.78, 5) is 31.1. The molecule has 3 atom stereocenters. The van der Waals surface area contributed by atoms with Gasteiger partial charge in [-0.2, -0.15) is 0 Å².